The summed E-state index contributed by atoms with van der Waals surface area (Å²) in [5.41, 5.74) is 0. The van der Waals surface area contributed by atoms with Crippen LogP contribution in [-0.4, -0.2) is 11.7 Å². The van der Waals surface area contributed by atoms with Gasteiger partial charge in [-0.05, 0) is 19.3 Å². The quantitative estimate of drug-likeness (QED) is 0.440. The van der Waals surface area contributed by atoms with Gasteiger partial charge in [0.2, 0.25) is 0 Å². The van der Waals surface area contributed by atoms with E-state index in [2.05, 4.69) is 12.7 Å². The van der Waals surface area contributed by atoms with Gasteiger partial charge in [0, 0.05) is 6.61 Å². The predicted molar refractivity (Wildman–Crippen MR) is 40.3 cm³/mol. The summed E-state index contributed by atoms with van der Waals surface area (Å²) in [5.74, 6) is 0. The van der Waals surface area contributed by atoms with Crippen LogP contribution in [0.3, 0.4) is 0 Å². The molecule has 0 heterocycles. The fourth-order valence-electron chi connectivity index (χ4n) is 0.566. The van der Waals surface area contributed by atoms with Crippen LogP contribution in [0.1, 0.15) is 19.3 Å². The summed E-state index contributed by atoms with van der Waals surface area (Å²) in [5, 5.41) is 8.38. The van der Waals surface area contributed by atoms with Crippen LogP contribution < -0.4 is 0 Å². The minimum atomic E-state index is 0.307. The second-order valence-electron chi connectivity index (χ2n) is 1.88. The fraction of sp³-hybridized carbons (Fsp3) is 0.500. The van der Waals surface area contributed by atoms with Gasteiger partial charge in [-0.25, -0.2) is 0 Å². The largest absolute Gasteiger partial charge is 0.396 e. The highest BCUT2D eigenvalue weighted by Gasteiger charge is 1.79. The molecular weight excluding hydrogens is 112 g/mol. The molecule has 0 aromatic heterocycles. The molecule has 0 aromatic rings. The maximum Gasteiger partial charge on any atom is 0.0431 e. The van der Waals surface area contributed by atoms with E-state index in [9.17, 15) is 0 Å². The van der Waals surface area contributed by atoms with Crippen LogP contribution in [0, 0.1) is 0 Å². The highest BCUT2D eigenvalue weighted by molar-refractivity contribution is 4.96. The number of allylic oxidation sites excluding steroid dienone is 3. The summed E-state index contributed by atoms with van der Waals surface area (Å²) in [7, 11) is 0. The molecule has 0 aliphatic rings. The number of rotatable bonds is 5. The Morgan fingerprint density at radius 2 is 2.11 bits per heavy atom. The van der Waals surface area contributed by atoms with Gasteiger partial charge in [-0.3, -0.25) is 0 Å². The molecule has 0 amide bonds. The van der Waals surface area contributed by atoms with Crippen molar-refractivity contribution in [2.45, 2.75) is 19.3 Å². The van der Waals surface area contributed by atoms with Crippen LogP contribution in [0.15, 0.2) is 24.8 Å². The van der Waals surface area contributed by atoms with Crippen LogP contribution in [-0.2, 0) is 0 Å². The van der Waals surface area contributed by atoms with Crippen molar-refractivity contribution in [3.05, 3.63) is 24.8 Å². The summed E-state index contributed by atoms with van der Waals surface area (Å²) in [6.07, 6.45) is 8.77. The van der Waals surface area contributed by atoms with E-state index < -0.39 is 0 Å². The number of hydrogen-bond donors (Lipinski definition) is 1. The van der Waals surface area contributed by atoms with Gasteiger partial charge in [-0.15, -0.1) is 0 Å². The zero-order valence-corrected chi connectivity index (χ0v) is 5.71. The molecule has 0 radical (unpaired) electrons. The van der Waals surface area contributed by atoms with E-state index in [1.54, 1.807) is 6.08 Å². The summed E-state index contributed by atoms with van der Waals surface area (Å²) < 4.78 is 0. The second-order valence-corrected chi connectivity index (χ2v) is 1.88. The molecule has 0 aliphatic heterocycles. The Morgan fingerprint density at radius 1 is 1.33 bits per heavy atom. The Kier molecular flexibility index (Phi) is 6.98. The van der Waals surface area contributed by atoms with E-state index in [-0.39, 0.29) is 0 Å². The first-order valence-corrected chi connectivity index (χ1v) is 3.30. The van der Waals surface area contributed by atoms with Gasteiger partial charge in [0.25, 0.3) is 0 Å². The lowest BCUT2D eigenvalue weighted by molar-refractivity contribution is 0.285. The van der Waals surface area contributed by atoms with E-state index >= 15 is 0 Å². The molecule has 1 heteroatoms. The van der Waals surface area contributed by atoms with Crippen LogP contribution in [0.25, 0.3) is 0 Å². The molecule has 1 nitrogen and oxygen atoms in total. The van der Waals surface area contributed by atoms with Crippen molar-refractivity contribution in [2.24, 2.45) is 0 Å². The van der Waals surface area contributed by atoms with Gasteiger partial charge in [0.15, 0.2) is 0 Å². The Balaban J connectivity index is 2.90. The molecule has 0 aliphatic carbocycles. The average molecular weight is 126 g/mol. The summed E-state index contributed by atoms with van der Waals surface area (Å²) in [6.45, 7) is 3.85. The van der Waals surface area contributed by atoms with E-state index in [1.807, 2.05) is 6.08 Å². The van der Waals surface area contributed by atoms with Gasteiger partial charge in [0.05, 0.1) is 0 Å². The van der Waals surface area contributed by atoms with Crippen molar-refractivity contribution in [1.82, 2.24) is 0 Å². The van der Waals surface area contributed by atoms with E-state index in [4.69, 9.17) is 5.11 Å². The minimum Gasteiger partial charge on any atom is -0.396 e. The van der Waals surface area contributed by atoms with Crippen molar-refractivity contribution < 1.29 is 5.11 Å². The molecule has 0 fully saturated rings. The first-order chi connectivity index (χ1) is 4.41. The Hall–Kier alpha value is -0.560. The van der Waals surface area contributed by atoms with E-state index in [0.29, 0.717) is 6.61 Å². The molecule has 0 rings (SSSR count). The highest BCUT2D eigenvalue weighted by atomic mass is 16.2. The molecule has 0 aromatic carbocycles. The second kappa shape index (κ2) is 7.44. The normalized spacial score (nSPS) is 10.3. The van der Waals surface area contributed by atoms with Crippen molar-refractivity contribution in [3.8, 4) is 0 Å². The monoisotopic (exact) mass is 126 g/mol. The molecule has 0 unspecified atom stereocenters. The topological polar surface area (TPSA) is 20.2 Å². The van der Waals surface area contributed by atoms with Gasteiger partial charge < -0.3 is 5.11 Å². The van der Waals surface area contributed by atoms with Crippen LogP contribution in [0.4, 0.5) is 0 Å². The Morgan fingerprint density at radius 3 is 2.67 bits per heavy atom. The van der Waals surface area contributed by atoms with Crippen molar-refractivity contribution in [1.29, 1.82) is 0 Å². The molecule has 0 spiro atoms. The lowest BCUT2D eigenvalue weighted by Gasteiger charge is -1.88. The summed E-state index contributed by atoms with van der Waals surface area (Å²) in [4.78, 5) is 0. The van der Waals surface area contributed by atoms with Gasteiger partial charge in [-0.2, -0.15) is 0 Å². The molecule has 0 atom stereocenters. The van der Waals surface area contributed by atoms with Gasteiger partial charge >= 0.3 is 0 Å². The lowest BCUT2D eigenvalue weighted by Crippen LogP contribution is -1.79. The maximum absolute atomic E-state index is 8.38. The number of unbranched alkanes of at least 4 members (excludes halogenated alkanes) is 2. The lowest BCUT2D eigenvalue weighted by atomic mass is 10.2. The molecule has 9 heavy (non-hydrogen) atoms. The van der Waals surface area contributed by atoms with E-state index in [0.717, 1.165) is 19.3 Å². The SMILES string of the molecule is C=CC=CCCCCO. The number of hydrogen-bond acceptors (Lipinski definition) is 1. The fourth-order valence-corrected chi connectivity index (χ4v) is 0.566. The molecular formula is C8H14O. The van der Waals surface area contributed by atoms with Crippen LogP contribution >= 0.6 is 0 Å². The van der Waals surface area contributed by atoms with Crippen molar-refractivity contribution >= 4 is 0 Å². The predicted octanol–water partition coefficient (Wildman–Crippen LogP) is 1.89. The highest BCUT2D eigenvalue weighted by Crippen LogP contribution is 1.94. The molecule has 0 bridgehead atoms. The maximum atomic E-state index is 8.38. The smallest absolute Gasteiger partial charge is 0.0431 e. The first kappa shape index (κ1) is 8.44. The third-order valence-corrected chi connectivity index (χ3v) is 1.05. The van der Waals surface area contributed by atoms with Crippen molar-refractivity contribution in [2.75, 3.05) is 6.61 Å². The zero-order valence-electron chi connectivity index (χ0n) is 5.71. The van der Waals surface area contributed by atoms with Crippen LogP contribution in [0.2, 0.25) is 0 Å². The van der Waals surface area contributed by atoms with E-state index in [1.165, 1.54) is 0 Å². The third-order valence-electron chi connectivity index (χ3n) is 1.05. The number of aliphatic hydroxyl groups excluding tert-OH is 1. The number of aliphatic hydroxyl groups is 1. The molecule has 0 saturated carbocycles. The van der Waals surface area contributed by atoms with Crippen molar-refractivity contribution in [3.63, 3.8) is 0 Å². The molecule has 0 saturated heterocycles. The average Bonchev–Trinajstić information content (AvgIpc) is 1.89. The summed E-state index contributed by atoms with van der Waals surface area (Å²) in [6, 6.07) is 0. The van der Waals surface area contributed by atoms with Crippen LogP contribution in [0.5, 0.6) is 0 Å². The molecule has 1 N–H and O–H groups in total. The Labute approximate surface area is 56.7 Å². The minimum absolute atomic E-state index is 0.307. The first-order valence-electron chi connectivity index (χ1n) is 3.30. The van der Waals surface area contributed by atoms with Gasteiger partial charge in [-0.1, -0.05) is 24.8 Å². The third kappa shape index (κ3) is 7.44. The zero-order chi connectivity index (χ0) is 6.95. The summed E-state index contributed by atoms with van der Waals surface area (Å²) >= 11 is 0. The standard InChI is InChI=1S/C8H14O/c1-2-3-4-5-6-7-8-9/h2-4,9H,1,5-8H2. The van der Waals surface area contributed by atoms with Gasteiger partial charge in [0.1, 0.15) is 0 Å². The molecule has 52 valence electrons. The Bertz CT molecular complexity index is 84.6.